The van der Waals surface area contributed by atoms with E-state index in [9.17, 15) is 13.2 Å². The fourth-order valence-corrected chi connectivity index (χ4v) is 4.77. The van der Waals surface area contributed by atoms with Crippen molar-refractivity contribution in [3.8, 4) is 22.3 Å². The summed E-state index contributed by atoms with van der Waals surface area (Å²) in [5, 5.41) is 3.52. The molecule has 0 aliphatic carbocycles. The Morgan fingerprint density at radius 2 is 1.18 bits per heavy atom. The van der Waals surface area contributed by atoms with Gasteiger partial charge >= 0.3 is 6.18 Å². The van der Waals surface area contributed by atoms with E-state index in [0.29, 0.717) is 5.39 Å². The summed E-state index contributed by atoms with van der Waals surface area (Å²) in [5.41, 5.74) is 4.27. The first-order valence-corrected chi connectivity index (χ1v) is 11.1. The lowest BCUT2D eigenvalue weighted by atomic mass is 9.81. The number of fused-ring (bicyclic) bond motifs is 3. The summed E-state index contributed by atoms with van der Waals surface area (Å²) >= 11 is 0. The molecule has 0 heterocycles. The van der Waals surface area contributed by atoms with Gasteiger partial charge in [-0.1, -0.05) is 98.8 Å². The molecule has 5 aromatic rings. The first-order valence-electron chi connectivity index (χ1n) is 11.1. The van der Waals surface area contributed by atoms with Gasteiger partial charge in [0.15, 0.2) is 0 Å². The molecule has 0 fully saturated rings. The largest absolute Gasteiger partial charge is 0.416 e. The second-order valence-corrected chi connectivity index (χ2v) is 8.66. The quantitative estimate of drug-likeness (QED) is 0.245. The van der Waals surface area contributed by atoms with Crippen molar-refractivity contribution in [2.24, 2.45) is 0 Å². The summed E-state index contributed by atoms with van der Waals surface area (Å²) < 4.78 is 41.3. The Morgan fingerprint density at radius 3 is 1.76 bits per heavy atom. The molecule has 0 N–H and O–H groups in total. The Hall–Kier alpha value is -3.59. The van der Waals surface area contributed by atoms with Crippen molar-refractivity contribution < 1.29 is 13.2 Å². The minimum absolute atomic E-state index is 0.256. The number of halogens is 3. The molecule has 33 heavy (non-hydrogen) atoms. The normalized spacial score (nSPS) is 12.1. The number of benzene rings is 5. The fraction of sp³-hybridized carbons (Fsp3) is 0.133. The zero-order chi connectivity index (χ0) is 23.2. The van der Waals surface area contributed by atoms with Crippen LogP contribution in [0.15, 0.2) is 97.1 Å². The highest BCUT2D eigenvalue weighted by molar-refractivity contribution is 6.22. The molecule has 0 saturated carbocycles. The van der Waals surface area contributed by atoms with Gasteiger partial charge in [-0.05, 0) is 67.4 Å². The van der Waals surface area contributed by atoms with Gasteiger partial charge < -0.3 is 0 Å². The van der Waals surface area contributed by atoms with Gasteiger partial charge in [0.25, 0.3) is 0 Å². The fourth-order valence-electron chi connectivity index (χ4n) is 4.77. The van der Waals surface area contributed by atoms with Gasteiger partial charge in [0, 0.05) is 0 Å². The third-order valence-electron chi connectivity index (χ3n) is 6.25. The molecule has 0 aliphatic rings. The highest BCUT2D eigenvalue weighted by Gasteiger charge is 2.31. The van der Waals surface area contributed by atoms with Crippen LogP contribution >= 0.6 is 0 Å². The van der Waals surface area contributed by atoms with Gasteiger partial charge in [0.1, 0.15) is 0 Å². The van der Waals surface area contributed by atoms with Crippen LogP contribution in [-0.2, 0) is 6.18 Å². The van der Waals surface area contributed by atoms with Crippen LogP contribution in [0.4, 0.5) is 13.2 Å². The molecule has 0 spiro atoms. The van der Waals surface area contributed by atoms with Crippen LogP contribution in [0.1, 0.15) is 30.9 Å². The molecule has 0 aromatic heterocycles. The predicted octanol–water partition coefficient (Wildman–Crippen LogP) is 9.47. The molecule has 5 rings (SSSR count). The van der Waals surface area contributed by atoms with Crippen molar-refractivity contribution in [3.63, 3.8) is 0 Å². The van der Waals surface area contributed by atoms with Crippen LogP contribution in [0.2, 0.25) is 0 Å². The summed E-state index contributed by atoms with van der Waals surface area (Å²) in [4.78, 5) is 0. The molecule has 0 atom stereocenters. The van der Waals surface area contributed by atoms with Crippen LogP contribution < -0.4 is 0 Å². The number of alkyl halides is 3. The average Bonchev–Trinajstić information content (AvgIpc) is 2.82. The molecule has 0 nitrogen and oxygen atoms in total. The van der Waals surface area contributed by atoms with E-state index in [1.165, 1.54) is 17.7 Å². The molecular formula is C30H23F3. The molecule has 0 aliphatic heterocycles. The lowest BCUT2D eigenvalue weighted by Crippen LogP contribution is -2.05. The monoisotopic (exact) mass is 440 g/mol. The van der Waals surface area contributed by atoms with Crippen molar-refractivity contribution >= 4 is 21.5 Å². The smallest absolute Gasteiger partial charge is 0.166 e. The number of hydrogen-bond donors (Lipinski definition) is 0. The van der Waals surface area contributed by atoms with Crippen LogP contribution in [0, 0.1) is 0 Å². The summed E-state index contributed by atoms with van der Waals surface area (Å²) in [6, 6.07) is 30.0. The van der Waals surface area contributed by atoms with E-state index < -0.39 is 11.7 Å². The molecule has 0 saturated heterocycles. The Balaban J connectivity index is 2.09. The SMILES string of the molecule is CC(C)c1cccc2c1c(-c1ccccc1)c(-c1ccccc1)c1cc(C(F)(F)F)ccc12. The van der Waals surface area contributed by atoms with E-state index in [4.69, 9.17) is 0 Å². The maximum Gasteiger partial charge on any atom is 0.416 e. The van der Waals surface area contributed by atoms with Gasteiger partial charge in [-0.2, -0.15) is 13.2 Å². The predicted molar refractivity (Wildman–Crippen MR) is 131 cm³/mol. The van der Waals surface area contributed by atoms with Crippen molar-refractivity contribution in [2.75, 3.05) is 0 Å². The van der Waals surface area contributed by atoms with E-state index in [2.05, 4.69) is 19.9 Å². The second kappa shape index (κ2) is 8.08. The molecule has 0 unspecified atom stereocenters. The summed E-state index contributed by atoms with van der Waals surface area (Å²) in [6.45, 7) is 4.31. The van der Waals surface area contributed by atoms with Crippen LogP contribution in [0.5, 0.6) is 0 Å². The van der Waals surface area contributed by atoms with E-state index in [1.807, 2.05) is 72.8 Å². The van der Waals surface area contributed by atoms with E-state index in [0.717, 1.165) is 38.4 Å². The first kappa shape index (κ1) is 21.3. The van der Waals surface area contributed by atoms with Crippen LogP contribution in [0.3, 0.4) is 0 Å². The van der Waals surface area contributed by atoms with Crippen molar-refractivity contribution in [2.45, 2.75) is 25.9 Å². The average molecular weight is 441 g/mol. The van der Waals surface area contributed by atoms with Gasteiger partial charge in [-0.3, -0.25) is 0 Å². The molecule has 0 amide bonds. The summed E-state index contributed by atoms with van der Waals surface area (Å²) in [6.07, 6.45) is -4.41. The maximum absolute atomic E-state index is 13.8. The highest BCUT2D eigenvalue weighted by atomic mass is 19.4. The zero-order valence-electron chi connectivity index (χ0n) is 18.4. The second-order valence-electron chi connectivity index (χ2n) is 8.66. The Bertz CT molecular complexity index is 1450. The van der Waals surface area contributed by atoms with E-state index in [1.54, 1.807) is 6.07 Å². The third kappa shape index (κ3) is 3.68. The maximum atomic E-state index is 13.8. The molecule has 5 aromatic carbocycles. The van der Waals surface area contributed by atoms with Gasteiger partial charge in [-0.25, -0.2) is 0 Å². The van der Waals surface area contributed by atoms with Gasteiger partial charge in [-0.15, -0.1) is 0 Å². The Morgan fingerprint density at radius 1 is 0.576 bits per heavy atom. The van der Waals surface area contributed by atoms with Crippen LogP contribution in [0.25, 0.3) is 43.8 Å². The molecular weight excluding hydrogens is 417 g/mol. The van der Waals surface area contributed by atoms with E-state index in [-0.39, 0.29) is 5.92 Å². The first-order chi connectivity index (χ1) is 15.9. The van der Waals surface area contributed by atoms with Crippen molar-refractivity contribution in [3.05, 3.63) is 108 Å². The van der Waals surface area contributed by atoms with Crippen molar-refractivity contribution in [1.82, 2.24) is 0 Å². The Kier molecular flexibility index (Phi) is 5.20. The lowest BCUT2D eigenvalue weighted by molar-refractivity contribution is -0.137. The van der Waals surface area contributed by atoms with Crippen LogP contribution in [-0.4, -0.2) is 0 Å². The number of hydrogen-bond acceptors (Lipinski definition) is 0. The lowest BCUT2D eigenvalue weighted by Gasteiger charge is -2.22. The summed E-state index contributed by atoms with van der Waals surface area (Å²) in [5.74, 6) is 0.256. The molecule has 0 radical (unpaired) electrons. The van der Waals surface area contributed by atoms with Gasteiger partial charge in [0.2, 0.25) is 0 Å². The molecule has 164 valence electrons. The zero-order valence-corrected chi connectivity index (χ0v) is 18.4. The minimum atomic E-state index is -4.41. The summed E-state index contributed by atoms with van der Waals surface area (Å²) in [7, 11) is 0. The van der Waals surface area contributed by atoms with Gasteiger partial charge in [0.05, 0.1) is 5.56 Å². The van der Waals surface area contributed by atoms with E-state index >= 15 is 0 Å². The minimum Gasteiger partial charge on any atom is -0.166 e. The highest BCUT2D eigenvalue weighted by Crippen LogP contribution is 2.47. The standard InChI is InChI=1S/C30H23F3/c1-19(2)23-14-9-15-25-24-17-16-22(30(31,32)33)18-26(24)27(20-10-5-3-6-11-20)28(29(23)25)21-12-7-4-8-13-21/h3-19H,1-2H3. The molecule has 3 heteroatoms. The molecule has 0 bridgehead atoms. The third-order valence-corrected chi connectivity index (χ3v) is 6.25. The Labute approximate surface area is 191 Å². The topological polar surface area (TPSA) is 0 Å². The van der Waals surface area contributed by atoms with Crippen molar-refractivity contribution in [1.29, 1.82) is 0 Å². The number of rotatable bonds is 3.